The van der Waals surface area contributed by atoms with E-state index in [1.807, 2.05) is 0 Å². The SMILES string of the molecule is O=C(Cl)C1C(=O)c2ccc(CCCl)cc2C1=O. The summed E-state index contributed by atoms with van der Waals surface area (Å²) >= 11 is 10.9. The Bertz CT molecular complexity index is 522. The van der Waals surface area contributed by atoms with Crippen LogP contribution >= 0.6 is 23.2 Å². The van der Waals surface area contributed by atoms with Gasteiger partial charge in [-0.1, -0.05) is 12.1 Å². The lowest BCUT2D eigenvalue weighted by Gasteiger charge is -2.00. The molecule has 0 aromatic heterocycles. The van der Waals surface area contributed by atoms with E-state index in [2.05, 4.69) is 0 Å². The molecule has 1 aliphatic carbocycles. The van der Waals surface area contributed by atoms with Crippen molar-refractivity contribution in [1.82, 2.24) is 0 Å². The molecule has 1 aromatic rings. The first kappa shape index (κ1) is 12.3. The van der Waals surface area contributed by atoms with Crippen LogP contribution in [0.3, 0.4) is 0 Å². The Hall–Kier alpha value is -1.19. The van der Waals surface area contributed by atoms with E-state index < -0.39 is 22.7 Å². The zero-order valence-corrected chi connectivity index (χ0v) is 10.2. The molecule has 0 amide bonds. The van der Waals surface area contributed by atoms with Gasteiger partial charge >= 0.3 is 0 Å². The first-order valence-electron chi connectivity index (χ1n) is 5.03. The van der Waals surface area contributed by atoms with Crippen molar-refractivity contribution >= 4 is 40.0 Å². The number of carbonyl (C=O) groups is 3. The second-order valence-electron chi connectivity index (χ2n) is 3.78. The molecular weight excluding hydrogens is 263 g/mol. The van der Waals surface area contributed by atoms with Gasteiger partial charge in [0.25, 0.3) is 0 Å². The van der Waals surface area contributed by atoms with Crippen molar-refractivity contribution in [3.8, 4) is 0 Å². The Kier molecular flexibility index (Phi) is 3.31. The zero-order chi connectivity index (χ0) is 12.6. The van der Waals surface area contributed by atoms with Crippen LogP contribution in [0, 0.1) is 5.92 Å². The molecular formula is C12H8Cl2O3. The highest BCUT2D eigenvalue weighted by molar-refractivity contribution is 6.69. The molecule has 0 aliphatic heterocycles. The molecule has 1 aliphatic rings. The highest BCUT2D eigenvalue weighted by Gasteiger charge is 2.42. The van der Waals surface area contributed by atoms with E-state index in [-0.39, 0.29) is 11.1 Å². The van der Waals surface area contributed by atoms with Crippen LogP contribution in [-0.2, 0) is 11.2 Å². The van der Waals surface area contributed by atoms with Crippen molar-refractivity contribution in [2.24, 2.45) is 5.92 Å². The summed E-state index contributed by atoms with van der Waals surface area (Å²) in [4.78, 5) is 34.7. The number of rotatable bonds is 3. The lowest BCUT2D eigenvalue weighted by molar-refractivity contribution is -0.112. The highest BCUT2D eigenvalue weighted by atomic mass is 35.5. The van der Waals surface area contributed by atoms with E-state index in [0.29, 0.717) is 12.3 Å². The molecule has 0 spiro atoms. The van der Waals surface area contributed by atoms with Gasteiger partial charge in [0, 0.05) is 17.0 Å². The van der Waals surface area contributed by atoms with Crippen molar-refractivity contribution < 1.29 is 14.4 Å². The Morgan fingerprint density at radius 2 is 1.82 bits per heavy atom. The van der Waals surface area contributed by atoms with E-state index >= 15 is 0 Å². The van der Waals surface area contributed by atoms with Crippen LogP contribution in [0.4, 0.5) is 0 Å². The first-order valence-corrected chi connectivity index (χ1v) is 5.94. The fourth-order valence-electron chi connectivity index (χ4n) is 1.91. The number of carbonyl (C=O) groups excluding carboxylic acids is 3. The van der Waals surface area contributed by atoms with E-state index in [1.54, 1.807) is 18.2 Å². The lowest BCUT2D eigenvalue weighted by Crippen LogP contribution is -2.21. The van der Waals surface area contributed by atoms with Gasteiger partial charge in [-0.2, -0.15) is 0 Å². The van der Waals surface area contributed by atoms with Gasteiger partial charge in [-0.3, -0.25) is 14.4 Å². The van der Waals surface area contributed by atoms with Gasteiger partial charge in [0.2, 0.25) is 5.24 Å². The third-order valence-corrected chi connectivity index (χ3v) is 3.16. The van der Waals surface area contributed by atoms with Crippen LogP contribution in [0.2, 0.25) is 0 Å². The maximum atomic E-state index is 11.8. The second kappa shape index (κ2) is 4.59. The van der Waals surface area contributed by atoms with Gasteiger partial charge in [0.05, 0.1) is 0 Å². The first-order chi connectivity index (χ1) is 8.06. The summed E-state index contributed by atoms with van der Waals surface area (Å²) in [5.41, 5.74) is 1.41. The van der Waals surface area contributed by atoms with Crippen LogP contribution in [-0.4, -0.2) is 22.7 Å². The number of halogens is 2. The molecule has 5 heteroatoms. The van der Waals surface area contributed by atoms with Crippen molar-refractivity contribution in [2.75, 3.05) is 5.88 Å². The average Bonchev–Trinajstić information content (AvgIpc) is 2.52. The highest BCUT2D eigenvalue weighted by Crippen LogP contribution is 2.29. The molecule has 1 atom stereocenters. The van der Waals surface area contributed by atoms with Crippen molar-refractivity contribution in [2.45, 2.75) is 6.42 Å². The van der Waals surface area contributed by atoms with Gasteiger partial charge in [0.1, 0.15) is 0 Å². The van der Waals surface area contributed by atoms with Crippen molar-refractivity contribution in [1.29, 1.82) is 0 Å². The number of aryl methyl sites for hydroxylation is 1. The molecule has 0 N–H and O–H groups in total. The molecule has 0 saturated carbocycles. The number of benzene rings is 1. The second-order valence-corrected chi connectivity index (χ2v) is 4.54. The topological polar surface area (TPSA) is 51.2 Å². The van der Waals surface area contributed by atoms with Crippen molar-refractivity contribution in [3.05, 3.63) is 34.9 Å². The number of alkyl halides is 1. The van der Waals surface area contributed by atoms with Crippen LogP contribution in [0.25, 0.3) is 0 Å². The largest absolute Gasteiger partial charge is 0.293 e. The van der Waals surface area contributed by atoms with Gasteiger partial charge in [-0.05, 0) is 29.7 Å². The molecule has 88 valence electrons. The molecule has 17 heavy (non-hydrogen) atoms. The number of fused-ring (bicyclic) bond motifs is 1. The third-order valence-electron chi connectivity index (χ3n) is 2.75. The minimum absolute atomic E-state index is 0.271. The van der Waals surface area contributed by atoms with E-state index in [4.69, 9.17) is 23.2 Å². The maximum Gasteiger partial charge on any atom is 0.240 e. The van der Waals surface area contributed by atoms with Gasteiger partial charge in [-0.15, -0.1) is 11.6 Å². The molecule has 3 nitrogen and oxygen atoms in total. The fourth-order valence-corrected chi connectivity index (χ4v) is 2.33. The summed E-state index contributed by atoms with van der Waals surface area (Å²) in [6.45, 7) is 0. The molecule has 0 bridgehead atoms. The summed E-state index contributed by atoms with van der Waals surface area (Å²) in [7, 11) is 0. The molecule has 1 aromatic carbocycles. The summed E-state index contributed by atoms with van der Waals surface area (Å²) in [6, 6.07) is 4.89. The van der Waals surface area contributed by atoms with E-state index in [9.17, 15) is 14.4 Å². The predicted octanol–water partition coefficient (Wildman–Crippen LogP) is 2.23. The fraction of sp³-hybridized carbons (Fsp3) is 0.250. The number of hydrogen-bond acceptors (Lipinski definition) is 3. The normalized spacial score (nSPS) is 18.4. The summed E-state index contributed by atoms with van der Waals surface area (Å²) in [5, 5.41) is -0.921. The number of hydrogen-bond donors (Lipinski definition) is 0. The molecule has 0 radical (unpaired) electrons. The predicted molar refractivity (Wildman–Crippen MR) is 63.9 cm³/mol. The number of Topliss-reactive ketones (excluding diaryl/α,β-unsaturated/α-hetero) is 2. The van der Waals surface area contributed by atoms with Crippen LogP contribution in [0.1, 0.15) is 26.3 Å². The summed E-state index contributed by atoms with van der Waals surface area (Å²) < 4.78 is 0. The minimum Gasteiger partial charge on any atom is -0.293 e. The minimum atomic E-state index is -1.36. The van der Waals surface area contributed by atoms with Crippen LogP contribution in [0.5, 0.6) is 0 Å². The zero-order valence-electron chi connectivity index (χ0n) is 8.70. The van der Waals surface area contributed by atoms with Gasteiger partial charge < -0.3 is 0 Å². The van der Waals surface area contributed by atoms with Crippen LogP contribution in [0.15, 0.2) is 18.2 Å². The smallest absolute Gasteiger partial charge is 0.240 e. The Labute approximate surface area is 108 Å². The maximum absolute atomic E-state index is 11.8. The lowest BCUT2D eigenvalue weighted by atomic mass is 10.0. The summed E-state index contributed by atoms with van der Waals surface area (Å²) in [5.74, 6) is -1.96. The molecule has 2 rings (SSSR count). The quantitative estimate of drug-likeness (QED) is 0.481. The van der Waals surface area contributed by atoms with Crippen LogP contribution < -0.4 is 0 Å². The molecule has 0 saturated heterocycles. The third kappa shape index (κ3) is 2.01. The number of ketones is 2. The Morgan fingerprint density at radius 1 is 1.18 bits per heavy atom. The average molecular weight is 271 g/mol. The molecule has 0 heterocycles. The Balaban J connectivity index is 2.47. The standard InChI is InChI=1S/C12H8Cl2O3/c13-4-3-6-1-2-7-8(5-6)11(16)9(10(7)15)12(14)17/h1-2,5,9H,3-4H2. The van der Waals surface area contributed by atoms with Crippen molar-refractivity contribution in [3.63, 3.8) is 0 Å². The summed E-state index contributed by atoms with van der Waals surface area (Å²) in [6.07, 6.45) is 0.607. The Morgan fingerprint density at radius 3 is 2.41 bits per heavy atom. The molecule has 0 fully saturated rings. The van der Waals surface area contributed by atoms with Gasteiger partial charge in [-0.25, -0.2) is 0 Å². The monoisotopic (exact) mass is 270 g/mol. The van der Waals surface area contributed by atoms with Gasteiger partial charge in [0.15, 0.2) is 17.5 Å². The molecule has 1 unspecified atom stereocenters. The van der Waals surface area contributed by atoms with E-state index in [1.165, 1.54) is 0 Å². The van der Waals surface area contributed by atoms with E-state index in [0.717, 1.165) is 5.56 Å².